The second-order valence-corrected chi connectivity index (χ2v) is 8.40. The molecule has 2 fully saturated rings. The molecule has 1 aliphatic carbocycles. The highest BCUT2D eigenvalue weighted by Gasteiger charge is 2.34. The number of nitrogens with zero attached hydrogens (tertiary/aromatic N) is 1. The summed E-state index contributed by atoms with van der Waals surface area (Å²) in [5.74, 6) is 0.718. The fraction of sp³-hybridized carbons (Fsp3) is 0.933. The normalized spacial score (nSPS) is 25.1. The summed E-state index contributed by atoms with van der Waals surface area (Å²) in [5, 5.41) is 2.93. The fourth-order valence-electron chi connectivity index (χ4n) is 3.58. The van der Waals surface area contributed by atoms with Gasteiger partial charge >= 0.3 is 0 Å². The Morgan fingerprint density at radius 3 is 2.48 bits per heavy atom. The van der Waals surface area contributed by atoms with Gasteiger partial charge in [0.2, 0.25) is 15.9 Å². The van der Waals surface area contributed by atoms with Crippen LogP contribution in [-0.4, -0.2) is 44.0 Å². The summed E-state index contributed by atoms with van der Waals surface area (Å²) in [6, 6.07) is -0.500. The minimum absolute atomic E-state index is 0.119. The van der Waals surface area contributed by atoms with Crippen molar-refractivity contribution in [3.8, 4) is 0 Å². The van der Waals surface area contributed by atoms with Crippen LogP contribution in [0.1, 0.15) is 57.8 Å². The first-order chi connectivity index (χ1) is 9.98. The Balaban J connectivity index is 1.75. The lowest BCUT2D eigenvalue weighted by Gasteiger charge is -2.32. The van der Waals surface area contributed by atoms with Crippen LogP contribution in [0.15, 0.2) is 0 Å². The standard InChI is InChI=1S/C15H28N2O3S/c1-21(19,20)17-12-5-4-10-14(17)15(18)16-11-6-9-13-7-2-3-8-13/h13-14H,2-12H2,1H3,(H,16,18). The summed E-state index contributed by atoms with van der Waals surface area (Å²) in [7, 11) is -3.29. The summed E-state index contributed by atoms with van der Waals surface area (Å²) in [6.45, 7) is 1.14. The molecule has 1 unspecified atom stereocenters. The lowest BCUT2D eigenvalue weighted by atomic mass is 10.0. The predicted molar refractivity (Wildman–Crippen MR) is 83.4 cm³/mol. The van der Waals surface area contributed by atoms with Crippen LogP contribution in [0.2, 0.25) is 0 Å². The number of hydrogen-bond donors (Lipinski definition) is 1. The molecule has 0 aromatic carbocycles. The molecule has 1 N–H and O–H groups in total. The molecule has 0 bridgehead atoms. The molecular formula is C15H28N2O3S. The Morgan fingerprint density at radius 2 is 1.81 bits per heavy atom. The molecule has 5 nitrogen and oxygen atoms in total. The third kappa shape index (κ3) is 4.95. The van der Waals surface area contributed by atoms with Crippen molar-refractivity contribution in [2.75, 3.05) is 19.3 Å². The van der Waals surface area contributed by atoms with E-state index in [2.05, 4.69) is 5.32 Å². The Bertz CT molecular complexity index is 444. The second kappa shape index (κ2) is 7.58. The van der Waals surface area contributed by atoms with Crippen LogP contribution in [0.25, 0.3) is 0 Å². The molecule has 1 amide bonds. The van der Waals surface area contributed by atoms with Gasteiger partial charge in [0.1, 0.15) is 6.04 Å². The predicted octanol–water partition coefficient (Wildman–Crippen LogP) is 1.89. The van der Waals surface area contributed by atoms with Gasteiger partial charge in [-0.25, -0.2) is 8.42 Å². The smallest absolute Gasteiger partial charge is 0.238 e. The Hall–Kier alpha value is -0.620. The van der Waals surface area contributed by atoms with Crippen molar-refractivity contribution in [3.63, 3.8) is 0 Å². The van der Waals surface area contributed by atoms with Crippen molar-refractivity contribution in [3.05, 3.63) is 0 Å². The van der Waals surface area contributed by atoms with Crippen LogP contribution in [0.3, 0.4) is 0 Å². The molecule has 1 atom stereocenters. The molecule has 1 heterocycles. The lowest BCUT2D eigenvalue weighted by molar-refractivity contribution is -0.125. The molecule has 1 saturated heterocycles. The summed E-state index contributed by atoms with van der Waals surface area (Å²) in [4.78, 5) is 12.2. The van der Waals surface area contributed by atoms with Gasteiger partial charge in [0.05, 0.1) is 6.26 Å². The minimum atomic E-state index is -3.29. The van der Waals surface area contributed by atoms with Crippen LogP contribution in [-0.2, 0) is 14.8 Å². The molecule has 6 heteroatoms. The van der Waals surface area contributed by atoms with Gasteiger partial charge in [0, 0.05) is 13.1 Å². The van der Waals surface area contributed by atoms with Crippen molar-refractivity contribution >= 4 is 15.9 Å². The first-order valence-corrected chi connectivity index (χ1v) is 10.1. The highest BCUT2D eigenvalue weighted by atomic mass is 32.2. The maximum absolute atomic E-state index is 12.2. The van der Waals surface area contributed by atoms with E-state index < -0.39 is 16.1 Å². The first kappa shape index (κ1) is 16.7. The summed E-state index contributed by atoms with van der Waals surface area (Å²) in [6.07, 6.45) is 11.1. The van der Waals surface area contributed by atoms with E-state index in [1.54, 1.807) is 0 Å². The molecule has 1 aliphatic heterocycles. The van der Waals surface area contributed by atoms with Crippen LogP contribution < -0.4 is 5.32 Å². The zero-order valence-corrected chi connectivity index (χ0v) is 13.8. The molecule has 2 aliphatic rings. The van der Waals surface area contributed by atoms with Gasteiger partial charge in [0.15, 0.2) is 0 Å². The van der Waals surface area contributed by atoms with E-state index in [0.29, 0.717) is 19.5 Å². The van der Waals surface area contributed by atoms with E-state index in [-0.39, 0.29) is 5.91 Å². The number of nitrogens with one attached hydrogen (secondary N) is 1. The molecule has 1 saturated carbocycles. The number of carbonyl (C=O) groups is 1. The average molecular weight is 316 g/mol. The second-order valence-electron chi connectivity index (χ2n) is 6.47. The quantitative estimate of drug-likeness (QED) is 0.761. The maximum atomic E-state index is 12.2. The molecule has 0 spiro atoms. The molecule has 0 aromatic heterocycles. The van der Waals surface area contributed by atoms with Gasteiger partial charge in [-0.1, -0.05) is 32.1 Å². The molecule has 0 radical (unpaired) electrons. The van der Waals surface area contributed by atoms with Gasteiger partial charge in [-0.3, -0.25) is 4.79 Å². The highest BCUT2D eigenvalue weighted by Crippen LogP contribution is 2.28. The average Bonchev–Trinajstić information content (AvgIpc) is 2.95. The van der Waals surface area contributed by atoms with Gasteiger partial charge < -0.3 is 5.32 Å². The SMILES string of the molecule is CS(=O)(=O)N1CCCCC1C(=O)NCCCC1CCCC1. The van der Waals surface area contributed by atoms with E-state index >= 15 is 0 Å². The Kier molecular flexibility index (Phi) is 6.05. The molecule has 122 valence electrons. The van der Waals surface area contributed by atoms with Gasteiger partial charge in [-0.15, -0.1) is 0 Å². The topological polar surface area (TPSA) is 66.5 Å². The zero-order chi connectivity index (χ0) is 15.3. The van der Waals surface area contributed by atoms with Crippen LogP contribution >= 0.6 is 0 Å². The highest BCUT2D eigenvalue weighted by molar-refractivity contribution is 7.88. The number of piperidine rings is 1. The Labute approximate surface area is 128 Å². The van der Waals surface area contributed by atoms with Crippen molar-refractivity contribution in [2.24, 2.45) is 5.92 Å². The van der Waals surface area contributed by atoms with Crippen molar-refractivity contribution in [2.45, 2.75) is 63.8 Å². The summed E-state index contributed by atoms with van der Waals surface area (Å²) < 4.78 is 24.9. The maximum Gasteiger partial charge on any atom is 0.238 e. The van der Waals surface area contributed by atoms with Crippen LogP contribution in [0.4, 0.5) is 0 Å². The van der Waals surface area contributed by atoms with Gasteiger partial charge in [-0.05, 0) is 31.6 Å². The van der Waals surface area contributed by atoms with Crippen molar-refractivity contribution in [1.29, 1.82) is 0 Å². The minimum Gasteiger partial charge on any atom is -0.355 e. The van der Waals surface area contributed by atoms with E-state index in [0.717, 1.165) is 25.2 Å². The molecule has 0 aromatic rings. The van der Waals surface area contributed by atoms with Crippen molar-refractivity contribution < 1.29 is 13.2 Å². The van der Waals surface area contributed by atoms with E-state index in [1.807, 2.05) is 0 Å². The molecule has 21 heavy (non-hydrogen) atoms. The molecule has 2 rings (SSSR count). The lowest BCUT2D eigenvalue weighted by Crippen LogP contribution is -2.51. The Morgan fingerprint density at radius 1 is 1.14 bits per heavy atom. The largest absolute Gasteiger partial charge is 0.355 e. The van der Waals surface area contributed by atoms with Crippen molar-refractivity contribution in [1.82, 2.24) is 9.62 Å². The van der Waals surface area contributed by atoms with Gasteiger partial charge in [-0.2, -0.15) is 4.31 Å². The first-order valence-electron chi connectivity index (χ1n) is 8.23. The molecular weight excluding hydrogens is 288 g/mol. The van der Waals surface area contributed by atoms with Crippen LogP contribution in [0, 0.1) is 5.92 Å². The number of sulfonamides is 1. The van der Waals surface area contributed by atoms with Crippen LogP contribution in [0.5, 0.6) is 0 Å². The number of rotatable bonds is 6. The number of amides is 1. The zero-order valence-electron chi connectivity index (χ0n) is 13.0. The monoisotopic (exact) mass is 316 g/mol. The van der Waals surface area contributed by atoms with E-state index in [9.17, 15) is 13.2 Å². The fourth-order valence-corrected chi connectivity index (χ4v) is 4.71. The summed E-state index contributed by atoms with van der Waals surface area (Å²) >= 11 is 0. The number of hydrogen-bond acceptors (Lipinski definition) is 3. The third-order valence-corrected chi connectivity index (χ3v) is 6.03. The third-order valence-electron chi connectivity index (χ3n) is 4.75. The van der Waals surface area contributed by atoms with E-state index in [4.69, 9.17) is 0 Å². The summed E-state index contributed by atoms with van der Waals surface area (Å²) in [5.41, 5.74) is 0. The van der Waals surface area contributed by atoms with Gasteiger partial charge in [0.25, 0.3) is 0 Å². The van der Waals surface area contributed by atoms with E-state index in [1.165, 1.54) is 42.7 Å². The number of carbonyl (C=O) groups excluding carboxylic acids is 1.